The van der Waals surface area contributed by atoms with Gasteiger partial charge in [-0.1, -0.05) is 59.1 Å². The second-order valence-corrected chi connectivity index (χ2v) is 5.72. The zero-order chi connectivity index (χ0) is 14.4. The van der Waals surface area contributed by atoms with E-state index >= 15 is 0 Å². The van der Waals surface area contributed by atoms with Crippen LogP contribution in [0, 0.1) is 0 Å². The van der Waals surface area contributed by atoms with Crippen molar-refractivity contribution < 1.29 is 4.74 Å². The highest BCUT2D eigenvalue weighted by Gasteiger charge is 2.04. The summed E-state index contributed by atoms with van der Waals surface area (Å²) in [6.45, 7) is 2.20. The molecular formula is C17H18BrClO. The van der Waals surface area contributed by atoms with Gasteiger partial charge in [0.2, 0.25) is 0 Å². The van der Waals surface area contributed by atoms with Gasteiger partial charge in [-0.2, -0.15) is 0 Å². The molecule has 106 valence electrons. The van der Waals surface area contributed by atoms with Crippen LogP contribution in [-0.2, 0) is 11.8 Å². The number of benzene rings is 2. The molecule has 0 heterocycles. The van der Waals surface area contributed by atoms with Gasteiger partial charge in [0, 0.05) is 5.33 Å². The van der Waals surface area contributed by atoms with Crippen molar-refractivity contribution in [3.63, 3.8) is 0 Å². The number of alkyl halides is 1. The highest BCUT2D eigenvalue weighted by Crippen LogP contribution is 2.30. The van der Waals surface area contributed by atoms with Crippen molar-refractivity contribution in [1.29, 1.82) is 0 Å². The average Bonchev–Trinajstić information content (AvgIpc) is 2.48. The first-order valence-corrected chi connectivity index (χ1v) is 8.34. The van der Waals surface area contributed by atoms with Crippen molar-refractivity contribution in [3.8, 4) is 11.5 Å². The molecule has 0 atom stereocenters. The van der Waals surface area contributed by atoms with E-state index in [0.29, 0.717) is 10.8 Å². The Balaban J connectivity index is 2.06. The van der Waals surface area contributed by atoms with Gasteiger partial charge in [-0.3, -0.25) is 0 Å². The molecule has 20 heavy (non-hydrogen) atoms. The Labute approximate surface area is 134 Å². The van der Waals surface area contributed by atoms with Crippen molar-refractivity contribution in [2.24, 2.45) is 0 Å². The molecule has 0 amide bonds. The number of aryl methyl sites for hydroxylation is 1. The Hall–Kier alpha value is -0.990. The molecule has 0 unspecified atom stereocenters. The number of rotatable bonds is 6. The maximum atomic E-state index is 6.21. The van der Waals surface area contributed by atoms with Gasteiger partial charge < -0.3 is 4.74 Å². The van der Waals surface area contributed by atoms with Crippen LogP contribution in [-0.4, -0.2) is 0 Å². The van der Waals surface area contributed by atoms with Crippen molar-refractivity contribution in [3.05, 3.63) is 58.6 Å². The fourth-order valence-electron chi connectivity index (χ4n) is 1.94. The van der Waals surface area contributed by atoms with Crippen molar-refractivity contribution in [2.45, 2.75) is 31.5 Å². The maximum absolute atomic E-state index is 6.21. The zero-order valence-corrected chi connectivity index (χ0v) is 13.9. The number of ether oxygens (including phenoxy) is 1. The Morgan fingerprint density at radius 2 is 1.75 bits per heavy atom. The minimum atomic E-state index is 0.636. The molecule has 0 aliphatic heterocycles. The summed E-state index contributed by atoms with van der Waals surface area (Å²) in [6.07, 6.45) is 3.56. The lowest BCUT2D eigenvalue weighted by molar-refractivity contribution is 0.482. The molecule has 2 aromatic rings. The molecule has 0 radical (unpaired) electrons. The first kappa shape index (κ1) is 15.4. The van der Waals surface area contributed by atoms with Crippen LogP contribution in [0.5, 0.6) is 11.5 Å². The van der Waals surface area contributed by atoms with Crippen LogP contribution >= 0.6 is 27.5 Å². The highest BCUT2D eigenvalue weighted by molar-refractivity contribution is 9.08. The lowest BCUT2D eigenvalue weighted by Crippen LogP contribution is -1.88. The number of halogens is 2. The summed E-state index contributed by atoms with van der Waals surface area (Å²) in [6, 6.07) is 14.1. The Morgan fingerprint density at radius 1 is 1.05 bits per heavy atom. The van der Waals surface area contributed by atoms with E-state index in [1.807, 2.05) is 30.3 Å². The monoisotopic (exact) mass is 352 g/mol. The second-order valence-electron chi connectivity index (χ2n) is 4.75. The van der Waals surface area contributed by atoms with Crippen molar-refractivity contribution in [1.82, 2.24) is 0 Å². The highest BCUT2D eigenvalue weighted by atomic mass is 79.9. The quantitative estimate of drug-likeness (QED) is 0.548. The maximum Gasteiger partial charge on any atom is 0.146 e. The van der Waals surface area contributed by atoms with Crippen LogP contribution in [0.1, 0.15) is 30.9 Å². The van der Waals surface area contributed by atoms with Crippen LogP contribution in [0.4, 0.5) is 0 Å². The normalized spacial score (nSPS) is 10.6. The van der Waals surface area contributed by atoms with Crippen LogP contribution < -0.4 is 4.74 Å². The van der Waals surface area contributed by atoms with Crippen LogP contribution in [0.15, 0.2) is 42.5 Å². The third-order valence-electron chi connectivity index (χ3n) is 3.12. The van der Waals surface area contributed by atoms with Gasteiger partial charge in [0.05, 0.1) is 5.02 Å². The molecule has 0 fully saturated rings. The number of hydrogen-bond donors (Lipinski definition) is 0. The van der Waals surface area contributed by atoms with Crippen LogP contribution in [0.25, 0.3) is 0 Å². The molecule has 0 saturated heterocycles. The topological polar surface area (TPSA) is 9.23 Å². The third kappa shape index (κ3) is 4.26. The predicted molar refractivity (Wildman–Crippen MR) is 89.2 cm³/mol. The lowest BCUT2D eigenvalue weighted by atomic mass is 10.1. The van der Waals surface area contributed by atoms with Crippen molar-refractivity contribution in [2.75, 3.05) is 0 Å². The predicted octanol–water partition coefficient (Wildman–Crippen LogP) is 6.37. The number of hydrogen-bond acceptors (Lipinski definition) is 1. The van der Waals surface area contributed by atoms with Gasteiger partial charge in [-0.15, -0.1) is 0 Å². The largest absolute Gasteiger partial charge is 0.456 e. The summed E-state index contributed by atoms with van der Waals surface area (Å²) in [5, 5.41) is 1.43. The standard InChI is InChI=1S/C17H18BrClO/c1-2-3-4-13-5-8-15(9-6-13)20-17-10-7-14(12-18)11-16(17)19/h5-11H,2-4,12H2,1H3. The lowest BCUT2D eigenvalue weighted by Gasteiger charge is -2.09. The van der Waals surface area contributed by atoms with Crippen LogP contribution in [0.2, 0.25) is 5.02 Å². The Morgan fingerprint density at radius 3 is 2.35 bits per heavy atom. The Kier molecular flexibility index (Phi) is 5.93. The zero-order valence-electron chi connectivity index (χ0n) is 11.5. The summed E-state index contributed by atoms with van der Waals surface area (Å²) in [4.78, 5) is 0. The minimum absolute atomic E-state index is 0.636. The molecule has 0 saturated carbocycles. The Bertz CT molecular complexity index is 551. The van der Waals surface area contributed by atoms with Gasteiger partial charge >= 0.3 is 0 Å². The molecule has 2 aromatic carbocycles. The third-order valence-corrected chi connectivity index (χ3v) is 4.06. The second kappa shape index (κ2) is 7.70. The van der Waals surface area contributed by atoms with E-state index in [0.717, 1.165) is 23.1 Å². The number of unbranched alkanes of at least 4 members (excludes halogenated alkanes) is 1. The van der Waals surface area contributed by atoms with Gasteiger partial charge in [0.25, 0.3) is 0 Å². The fraction of sp³-hybridized carbons (Fsp3) is 0.294. The molecule has 0 aromatic heterocycles. The molecular weight excluding hydrogens is 336 g/mol. The first-order valence-electron chi connectivity index (χ1n) is 6.84. The molecule has 2 rings (SSSR count). The van der Waals surface area contributed by atoms with Gasteiger partial charge in [0.1, 0.15) is 11.5 Å². The summed E-state index contributed by atoms with van der Waals surface area (Å²) in [5.41, 5.74) is 2.48. The van der Waals surface area contributed by atoms with E-state index in [9.17, 15) is 0 Å². The molecule has 0 spiro atoms. The molecule has 0 aliphatic rings. The SMILES string of the molecule is CCCCc1ccc(Oc2ccc(CBr)cc2Cl)cc1. The summed E-state index contributed by atoms with van der Waals surface area (Å²) in [7, 11) is 0. The van der Waals surface area contributed by atoms with E-state index in [2.05, 4.69) is 35.0 Å². The van der Waals surface area contributed by atoms with E-state index in [1.54, 1.807) is 0 Å². The summed E-state index contributed by atoms with van der Waals surface area (Å²) in [5.74, 6) is 1.51. The summed E-state index contributed by atoms with van der Waals surface area (Å²) >= 11 is 9.62. The summed E-state index contributed by atoms with van der Waals surface area (Å²) < 4.78 is 5.82. The molecule has 3 heteroatoms. The minimum Gasteiger partial charge on any atom is -0.456 e. The first-order chi connectivity index (χ1) is 9.72. The smallest absolute Gasteiger partial charge is 0.146 e. The molecule has 0 N–H and O–H groups in total. The molecule has 0 aliphatic carbocycles. The fourth-order valence-corrected chi connectivity index (χ4v) is 2.53. The molecule has 0 bridgehead atoms. The van der Waals surface area contributed by atoms with E-state index in [-0.39, 0.29) is 0 Å². The van der Waals surface area contributed by atoms with Gasteiger partial charge in [0.15, 0.2) is 0 Å². The van der Waals surface area contributed by atoms with Crippen LogP contribution in [0.3, 0.4) is 0 Å². The van der Waals surface area contributed by atoms with Gasteiger partial charge in [-0.25, -0.2) is 0 Å². The van der Waals surface area contributed by atoms with E-state index in [4.69, 9.17) is 16.3 Å². The molecule has 1 nitrogen and oxygen atoms in total. The van der Waals surface area contributed by atoms with E-state index < -0.39 is 0 Å². The average molecular weight is 354 g/mol. The van der Waals surface area contributed by atoms with Crippen molar-refractivity contribution >= 4 is 27.5 Å². The van der Waals surface area contributed by atoms with Gasteiger partial charge in [-0.05, 0) is 48.2 Å². The van der Waals surface area contributed by atoms with E-state index in [1.165, 1.54) is 18.4 Å².